The average molecular weight is 317 g/mol. The second kappa shape index (κ2) is 6.53. The Bertz CT molecular complexity index is 520. The van der Waals surface area contributed by atoms with Crippen molar-refractivity contribution in [1.82, 2.24) is 0 Å². The standard InChI is InChI=1S/C18H30NSi2/c1-13(15(3)20)14(2)19-16-11-9-10-12-17(16)21(7,8)18(4,5)6/h9-12,14,19H,1-8H3. The van der Waals surface area contributed by atoms with E-state index in [-0.39, 0.29) is 0 Å². The topological polar surface area (TPSA) is 12.0 Å². The molecule has 0 saturated carbocycles. The van der Waals surface area contributed by atoms with Crippen molar-refractivity contribution in [3.63, 3.8) is 0 Å². The molecule has 0 heterocycles. The molecule has 0 aliphatic carbocycles. The van der Waals surface area contributed by atoms with Crippen LogP contribution in [0.1, 0.15) is 41.5 Å². The molecule has 115 valence electrons. The molecule has 1 atom stereocenters. The van der Waals surface area contributed by atoms with Crippen LogP contribution in [0.3, 0.4) is 0 Å². The van der Waals surface area contributed by atoms with Gasteiger partial charge in [0, 0.05) is 11.7 Å². The second-order valence-electron chi connectivity index (χ2n) is 7.59. The normalized spacial score (nSPS) is 15.5. The maximum atomic E-state index is 3.72. The Kier molecular flexibility index (Phi) is 5.67. The van der Waals surface area contributed by atoms with Gasteiger partial charge in [-0.2, -0.15) is 0 Å². The summed E-state index contributed by atoms with van der Waals surface area (Å²) in [7, 11) is 2.10. The van der Waals surface area contributed by atoms with Gasteiger partial charge in [0.05, 0.1) is 18.3 Å². The summed E-state index contributed by atoms with van der Waals surface area (Å²) in [4.78, 5) is 0. The van der Waals surface area contributed by atoms with Gasteiger partial charge in [0.15, 0.2) is 0 Å². The number of hydrogen-bond donors (Lipinski definition) is 1. The average Bonchev–Trinajstić information content (AvgIpc) is 2.36. The van der Waals surface area contributed by atoms with Crippen LogP contribution in [0, 0.1) is 0 Å². The number of allylic oxidation sites excluding steroid dienone is 1. The number of anilines is 1. The number of benzene rings is 1. The van der Waals surface area contributed by atoms with Gasteiger partial charge in [0.2, 0.25) is 0 Å². The Morgan fingerprint density at radius 2 is 1.67 bits per heavy atom. The van der Waals surface area contributed by atoms with Crippen LogP contribution in [0.15, 0.2) is 35.0 Å². The predicted octanol–water partition coefficient (Wildman–Crippen LogP) is 4.66. The van der Waals surface area contributed by atoms with Crippen molar-refractivity contribution in [3.05, 3.63) is 35.0 Å². The Morgan fingerprint density at radius 1 is 1.14 bits per heavy atom. The maximum absolute atomic E-state index is 3.72. The fourth-order valence-corrected chi connectivity index (χ4v) is 4.59. The van der Waals surface area contributed by atoms with E-state index in [4.69, 9.17) is 0 Å². The summed E-state index contributed by atoms with van der Waals surface area (Å²) in [5.41, 5.74) is 2.64. The third kappa shape index (κ3) is 4.10. The quantitative estimate of drug-likeness (QED) is 0.796. The van der Waals surface area contributed by atoms with E-state index in [1.165, 1.54) is 21.6 Å². The number of para-hydroxylation sites is 1. The van der Waals surface area contributed by atoms with Crippen molar-refractivity contribution >= 4 is 29.2 Å². The molecule has 1 aromatic rings. The van der Waals surface area contributed by atoms with Crippen LogP contribution < -0.4 is 10.5 Å². The maximum Gasteiger partial charge on any atom is 0.0886 e. The first-order chi connectivity index (χ1) is 9.48. The van der Waals surface area contributed by atoms with Crippen molar-refractivity contribution in [1.29, 1.82) is 0 Å². The van der Waals surface area contributed by atoms with Crippen LogP contribution in [0.5, 0.6) is 0 Å². The minimum absolute atomic E-state index is 0.327. The minimum Gasteiger partial charge on any atom is -0.379 e. The molecule has 1 unspecified atom stereocenters. The summed E-state index contributed by atoms with van der Waals surface area (Å²) in [5.74, 6) is 0. The molecule has 0 amide bonds. The van der Waals surface area contributed by atoms with E-state index in [9.17, 15) is 0 Å². The van der Waals surface area contributed by atoms with E-state index < -0.39 is 8.07 Å². The van der Waals surface area contributed by atoms with Gasteiger partial charge in [0.25, 0.3) is 0 Å². The Labute approximate surface area is 135 Å². The van der Waals surface area contributed by atoms with Crippen molar-refractivity contribution in [2.24, 2.45) is 0 Å². The lowest BCUT2D eigenvalue weighted by Gasteiger charge is -2.39. The third-order valence-corrected chi connectivity index (χ3v) is 11.0. The second-order valence-corrected chi connectivity index (χ2v) is 13.6. The van der Waals surface area contributed by atoms with E-state index in [0.717, 1.165) is 0 Å². The molecule has 0 fully saturated rings. The molecule has 3 heteroatoms. The Hall–Kier alpha value is -0.806. The molecule has 0 aliphatic heterocycles. The van der Waals surface area contributed by atoms with Gasteiger partial charge in [-0.25, -0.2) is 0 Å². The number of rotatable bonds is 4. The number of hydrogen-bond acceptors (Lipinski definition) is 1. The molecule has 3 radical (unpaired) electrons. The molecular formula is C18H30NSi2. The SMILES string of the molecule is CC([Si])=C(C)C(C)Nc1ccccc1[Si](C)(C)C(C)(C)C. The fourth-order valence-electron chi connectivity index (χ4n) is 2.22. The van der Waals surface area contributed by atoms with Gasteiger partial charge in [-0.15, -0.1) is 0 Å². The zero-order chi connectivity index (χ0) is 16.4. The summed E-state index contributed by atoms with van der Waals surface area (Å²) >= 11 is 0. The van der Waals surface area contributed by atoms with Gasteiger partial charge in [0.1, 0.15) is 0 Å². The lowest BCUT2D eigenvalue weighted by Crippen LogP contribution is -2.50. The van der Waals surface area contributed by atoms with E-state index in [1.807, 2.05) is 0 Å². The van der Waals surface area contributed by atoms with Gasteiger partial charge >= 0.3 is 0 Å². The molecule has 0 aliphatic rings. The highest BCUT2D eigenvalue weighted by atomic mass is 28.3. The zero-order valence-corrected chi connectivity index (χ0v) is 16.9. The van der Waals surface area contributed by atoms with E-state index in [0.29, 0.717) is 11.1 Å². The summed E-state index contributed by atoms with van der Waals surface area (Å²) in [6, 6.07) is 9.16. The van der Waals surface area contributed by atoms with Crippen molar-refractivity contribution < 1.29 is 0 Å². The van der Waals surface area contributed by atoms with E-state index in [2.05, 4.69) is 94.5 Å². The highest BCUT2D eigenvalue weighted by Crippen LogP contribution is 2.37. The highest BCUT2D eigenvalue weighted by Gasteiger charge is 2.38. The molecule has 21 heavy (non-hydrogen) atoms. The first-order valence-corrected chi connectivity index (χ1v) is 11.2. The van der Waals surface area contributed by atoms with Gasteiger partial charge in [-0.1, -0.05) is 62.8 Å². The smallest absolute Gasteiger partial charge is 0.0886 e. The van der Waals surface area contributed by atoms with Crippen molar-refractivity contribution in [3.8, 4) is 0 Å². The monoisotopic (exact) mass is 316 g/mol. The van der Waals surface area contributed by atoms with Crippen LogP contribution in [-0.2, 0) is 0 Å². The lowest BCUT2D eigenvalue weighted by molar-refractivity contribution is 0.729. The zero-order valence-electron chi connectivity index (χ0n) is 14.9. The van der Waals surface area contributed by atoms with Crippen LogP contribution in [-0.4, -0.2) is 24.4 Å². The van der Waals surface area contributed by atoms with E-state index >= 15 is 0 Å². The number of nitrogens with one attached hydrogen (secondary N) is 1. The molecule has 1 aromatic carbocycles. The van der Waals surface area contributed by atoms with Crippen LogP contribution >= 0.6 is 0 Å². The Morgan fingerprint density at radius 3 is 2.14 bits per heavy atom. The molecule has 1 rings (SSSR count). The molecule has 0 saturated heterocycles. The molecule has 0 aromatic heterocycles. The predicted molar refractivity (Wildman–Crippen MR) is 100 cm³/mol. The van der Waals surface area contributed by atoms with Crippen LogP contribution in [0.4, 0.5) is 5.69 Å². The molecule has 0 spiro atoms. The lowest BCUT2D eigenvalue weighted by atomic mass is 10.1. The van der Waals surface area contributed by atoms with Crippen molar-refractivity contribution in [2.45, 2.75) is 65.7 Å². The molecule has 1 nitrogen and oxygen atoms in total. The Balaban J connectivity index is 3.21. The highest BCUT2D eigenvalue weighted by molar-refractivity contribution is 6.93. The van der Waals surface area contributed by atoms with Gasteiger partial charge in [-0.05, 0) is 37.1 Å². The largest absolute Gasteiger partial charge is 0.379 e. The van der Waals surface area contributed by atoms with Gasteiger partial charge < -0.3 is 5.32 Å². The first kappa shape index (κ1) is 18.2. The minimum atomic E-state index is -1.55. The molecule has 1 N–H and O–H groups in total. The molecular weight excluding hydrogens is 286 g/mol. The van der Waals surface area contributed by atoms with Crippen LogP contribution in [0.2, 0.25) is 18.1 Å². The third-order valence-electron chi connectivity index (χ3n) is 5.09. The summed E-state index contributed by atoms with van der Waals surface area (Å²) in [6.07, 6.45) is 0. The van der Waals surface area contributed by atoms with Crippen molar-refractivity contribution in [2.75, 3.05) is 5.32 Å². The van der Waals surface area contributed by atoms with Crippen LogP contribution in [0.25, 0.3) is 0 Å². The first-order valence-electron chi connectivity index (χ1n) is 7.73. The summed E-state index contributed by atoms with van der Waals surface area (Å²) in [5, 5.41) is 6.78. The van der Waals surface area contributed by atoms with E-state index in [1.54, 1.807) is 0 Å². The summed E-state index contributed by atoms with van der Waals surface area (Å²) < 4.78 is 0. The fraction of sp³-hybridized carbons (Fsp3) is 0.556. The molecule has 0 bridgehead atoms. The van der Waals surface area contributed by atoms with Gasteiger partial charge in [-0.3, -0.25) is 0 Å². The summed E-state index contributed by atoms with van der Waals surface area (Å²) in [6.45, 7) is 18.5.